The lowest BCUT2D eigenvalue weighted by Gasteiger charge is -2.24. The molecule has 6 aromatic rings. The van der Waals surface area contributed by atoms with Gasteiger partial charge in [0.2, 0.25) is 0 Å². The molecule has 0 radical (unpaired) electrons. The minimum absolute atomic E-state index is 0.186. The summed E-state index contributed by atoms with van der Waals surface area (Å²) >= 11 is 25.3. The lowest BCUT2D eigenvalue weighted by molar-refractivity contribution is 0.482. The van der Waals surface area contributed by atoms with Crippen LogP contribution in [0.25, 0.3) is 55.3 Å². The molecule has 1 nitrogen and oxygen atoms in total. The molecule has 0 aromatic heterocycles. The summed E-state index contributed by atoms with van der Waals surface area (Å²) in [6, 6.07) is 36.7. The summed E-state index contributed by atoms with van der Waals surface area (Å²) in [6.45, 7) is 0. The Balaban J connectivity index is 1.90. The summed E-state index contributed by atoms with van der Waals surface area (Å²) in [5, 5.41) is 15.6. The molecule has 0 aliphatic carbocycles. The molecule has 5 heteroatoms. The third-order valence-electron chi connectivity index (χ3n) is 6.84. The molecule has 6 aromatic carbocycles. The molecule has 0 saturated carbocycles. The van der Waals surface area contributed by atoms with Gasteiger partial charge in [-0.05, 0) is 98.9 Å². The molecule has 0 aliphatic rings. The molecule has 0 unspecified atom stereocenters. The van der Waals surface area contributed by atoms with Gasteiger partial charge in [0.1, 0.15) is 5.75 Å². The second kappa shape index (κ2) is 10.6. The number of aromatic hydroxyl groups is 1. The van der Waals surface area contributed by atoms with E-state index in [1.54, 1.807) is 6.07 Å². The first-order valence-corrected chi connectivity index (χ1v) is 13.8. The van der Waals surface area contributed by atoms with Gasteiger partial charge in [0.15, 0.2) is 0 Å². The third kappa shape index (κ3) is 4.88. The summed E-state index contributed by atoms with van der Waals surface area (Å²) in [6.07, 6.45) is 0. The predicted octanol–water partition coefficient (Wildman–Crippen LogP) is 11.8. The van der Waals surface area contributed by atoms with E-state index in [9.17, 15) is 5.11 Å². The minimum Gasteiger partial charge on any atom is -0.507 e. The van der Waals surface area contributed by atoms with Crippen molar-refractivity contribution in [3.05, 3.63) is 135 Å². The van der Waals surface area contributed by atoms with E-state index < -0.39 is 0 Å². The van der Waals surface area contributed by atoms with Crippen LogP contribution in [0.2, 0.25) is 20.1 Å². The maximum atomic E-state index is 11.4. The van der Waals surface area contributed by atoms with Crippen molar-refractivity contribution in [3.63, 3.8) is 0 Å². The van der Waals surface area contributed by atoms with Gasteiger partial charge in [-0.3, -0.25) is 0 Å². The highest BCUT2D eigenvalue weighted by Gasteiger charge is 2.25. The lowest BCUT2D eigenvalue weighted by atomic mass is 9.78. The van der Waals surface area contributed by atoms with E-state index in [2.05, 4.69) is 0 Å². The predicted molar refractivity (Wildman–Crippen MR) is 167 cm³/mol. The quantitative estimate of drug-likeness (QED) is 0.218. The van der Waals surface area contributed by atoms with Gasteiger partial charge in [0.25, 0.3) is 0 Å². The molecule has 0 atom stereocenters. The van der Waals surface area contributed by atoms with E-state index in [4.69, 9.17) is 46.4 Å². The van der Waals surface area contributed by atoms with Gasteiger partial charge in [0.05, 0.1) is 0 Å². The van der Waals surface area contributed by atoms with Gasteiger partial charge in [-0.25, -0.2) is 0 Å². The maximum absolute atomic E-state index is 11.4. The van der Waals surface area contributed by atoms with Crippen molar-refractivity contribution in [2.75, 3.05) is 0 Å². The van der Waals surface area contributed by atoms with E-state index in [-0.39, 0.29) is 5.75 Å². The molecule has 0 fully saturated rings. The first-order chi connectivity index (χ1) is 18.9. The van der Waals surface area contributed by atoms with Gasteiger partial charge < -0.3 is 5.11 Å². The Morgan fingerprint density at radius 2 is 0.692 bits per heavy atom. The van der Waals surface area contributed by atoms with Crippen molar-refractivity contribution < 1.29 is 5.11 Å². The molecule has 39 heavy (non-hydrogen) atoms. The average Bonchev–Trinajstić information content (AvgIpc) is 2.94. The normalized spacial score (nSPS) is 11.2. The fourth-order valence-electron chi connectivity index (χ4n) is 5.15. The molecule has 0 amide bonds. The Morgan fingerprint density at radius 3 is 1.10 bits per heavy atom. The van der Waals surface area contributed by atoms with Crippen LogP contribution in [0.3, 0.4) is 0 Å². The first kappa shape index (κ1) is 25.8. The van der Waals surface area contributed by atoms with Gasteiger partial charge in [0, 0.05) is 31.0 Å². The van der Waals surface area contributed by atoms with Crippen LogP contribution in [-0.4, -0.2) is 5.11 Å². The number of hydrogen-bond acceptors (Lipinski definition) is 1. The van der Waals surface area contributed by atoms with E-state index in [0.717, 1.165) is 55.3 Å². The van der Waals surface area contributed by atoms with Crippen LogP contribution in [0.1, 0.15) is 0 Å². The van der Waals surface area contributed by atoms with E-state index >= 15 is 0 Å². The second-order valence-electron chi connectivity index (χ2n) is 9.23. The van der Waals surface area contributed by atoms with Crippen LogP contribution in [-0.2, 0) is 0 Å². The van der Waals surface area contributed by atoms with Crippen LogP contribution in [0, 0.1) is 0 Å². The number of rotatable bonds is 4. The van der Waals surface area contributed by atoms with Crippen molar-refractivity contribution in [2.45, 2.75) is 0 Å². The summed E-state index contributed by atoms with van der Waals surface area (Å²) in [5.41, 5.74) is 7.65. The van der Waals surface area contributed by atoms with Crippen molar-refractivity contribution in [2.24, 2.45) is 0 Å². The highest BCUT2D eigenvalue weighted by molar-refractivity contribution is 6.32. The number of phenols is 1. The molecule has 0 bridgehead atoms. The van der Waals surface area contributed by atoms with Crippen LogP contribution < -0.4 is 0 Å². The second-order valence-corrected chi connectivity index (χ2v) is 11.0. The van der Waals surface area contributed by atoms with Gasteiger partial charge in [-0.1, -0.05) is 107 Å². The number of benzene rings is 6. The fourth-order valence-corrected chi connectivity index (χ4v) is 5.66. The SMILES string of the molecule is Oc1cccc2c(-c3ccc(Cl)cc3)c(-c3ccc(Cl)cc3)c(-c3ccc(Cl)cc3)c(-c3ccc(Cl)cc3)c12. The van der Waals surface area contributed by atoms with Crippen LogP contribution >= 0.6 is 46.4 Å². The number of halogens is 4. The number of hydrogen-bond donors (Lipinski definition) is 1. The van der Waals surface area contributed by atoms with Gasteiger partial charge >= 0.3 is 0 Å². The van der Waals surface area contributed by atoms with Gasteiger partial charge in [-0.15, -0.1) is 0 Å². The molecular formula is C34H20Cl4O. The molecule has 0 spiro atoms. The highest BCUT2D eigenvalue weighted by Crippen LogP contribution is 2.52. The molecule has 6 rings (SSSR count). The fraction of sp³-hybridized carbons (Fsp3) is 0. The van der Waals surface area contributed by atoms with Crippen molar-refractivity contribution >= 4 is 57.2 Å². The largest absolute Gasteiger partial charge is 0.507 e. The van der Waals surface area contributed by atoms with Crippen LogP contribution in [0.15, 0.2) is 115 Å². The highest BCUT2D eigenvalue weighted by atomic mass is 35.5. The summed E-state index contributed by atoms with van der Waals surface area (Å²) < 4.78 is 0. The Kier molecular flexibility index (Phi) is 7.01. The zero-order valence-corrected chi connectivity index (χ0v) is 23.5. The molecule has 0 heterocycles. The Labute approximate surface area is 246 Å². The standard InChI is InChI=1S/C34H20Cl4O/c35-24-12-4-20(5-13-24)30-28-2-1-3-29(39)34(28)33(23-10-18-27(38)19-11-23)32(22-8-16-26(37)17-9-22)31(30)21-6-14-25(36)15-7-21/h1-19,39H. The summed E-state index contributed by atoms with van der Waals surface area (Å²) in [4.78, 5) is 0. The summed E-state index contributed by atoms with van der Waals surface area (Å²) in [5.74, 6) is 0.186. The zero-order valence-electron chi connectivity index (χ0n) is 20.4. The molecule has 0 aliphatic heterocycles. The topological polar surface area (TPSA) is 20.2 Å². The lowest BCUT2D eigenvalue weighted by Crippen LogP contribution is -1.98. The molecule has 1 N–H and O–H groups in total. The Morgan fingerprint density at radius 1 is 0.359 bits per heavy atom. The number of phenolic OH excluding ortho intramolecular Hbond substituents is 1. The number of fused-ring (bicyclic) bond motifs is 1. The minimum atomic E-state index is 0.186. The Hall–Kier alpha value is -3.46. The van der Waals surface area contributed by atoms with Crippen molar-refractivity contribution in [1.29, 1.82) is 0 Å². The van der Waals surface area contributed by atoms with Crippen LogP contribution in [0.4, 0.5) is 0 Å². The average molecular weight is 586 g/mol. The van der Waals surface area contributed by atoms with E-state index in [1.807, 2.05) is 109 Å². The summed E-state index contributed by atoms with van der Waals surface area (Å²) in [7, 11) is 0. The Bertz CT molecular complexity index is 1810. The molecule has 190 valence electrons. The van der Waals surface area contributed by atoms with E-state index in [1.165, 1.54) is 0 Å². The smallest absolute Gasteiger partial charge is 0.124 e. The van der Waals surface area contributed by atoms with Crippen molar-refractivity contribution in [1.82, 2.24) is 0 Å². The third-order valence-corrected chi connectivity index (χ3v) is 7.85. The van der Waals surface area contributed by atoms with E-state index in [0.29, 0.717) is 20.1 Å². The van der Waals surface area contributed by atoms with Crippen LogP contribution in [0.5, 0.6) is 5.75 Å². The molecule has 0 saturated heterocycles. The van der Waals surface area contributed by atoms with Gasteiger partial charge in [-0.2, -0.15) is 0 Å². The molecular weight excluding hydrogens is 566 g/mol. The first-order valence-electron chi connectivity index (χ1n) is 12.3. The monoisotopic (exact) mass is 584 g/mol. The van der Waals surface area contributed by atoms with Crippen molar-refractivity contribution in [3.8, 4) is 50.3 Å². The zero-order chi connectivity index (χ0) is 27.1. The maximum Gasteiger partial charge on any atom is 0.124 e.